The van der Waals surface area contributed by atoms with Gasteiger partial charge in [-0.05, 0) is 61.1 Å². The maximum Gasteiger partial charge on any atom is 0.338 e. The summed E-state index contributed by atoms with van der Waals surface area (Å²) in [5, 5.41) is 9.59. The highest BCUT2D eigenvalue weighted by Crippen LogP contribution is 2.31. The van der Waals surface area contributed by atoms with E-state index in [1.54, 1.807) is 18.2 Å². The Balaban J connectivity index is 2.05. The van der Waals surface area contributed by atoms with Crippen LogP contribution in [0.3, 0.4) is 0 Å². The van der Waals surface area contributed by atoms with E-state index in [0.29, 0.717) is 10.9 Å². The number of halogens is 1. The van der Waals surface area contributed by atoms with E-state index in [1.807, 2.05) is 6.07 Å². The van der Waals surface area contributed by atoms with Crippen LogP contribution in [0, 0.1) is 0 Å². The van der Waals surface area contributed by atoms with E-state index in [2.05, 4.69) is 20.7 Å². The van der Waals surface area contributed by atoms with Crippen molar-refractivity contribution in [2.45, 2.75) is 30.6 Å². The number of nitrogens with one attached hydrogen (secondary N) is 1. The van der Waals surface area contributed by atoms with Crippen molar-refractivity contribution in [1.29, 1.82) is 0 Å². The molecule has 0 saturated carbocycles. The molecular weight excluding hydrogens is 394 g/mol. The number of hydrogen-bond donors (Lipinski definition) is 2. The molecule has 0 bridgehead atoms. The van der Waals surface area contributed by atoms with Gasteiger partial charge < -0.3 is 5.11 Å². The summed E-state index contributed by atoms with van der Waals surface area (Å²) < 4.78 is 28.2. The van der Waals surface area contributed by atoms with E-state index >= 15 is 0 Å². The average Bonchev–Trinajstić information content (AvgIpc) is 2.54. The van der Waals surface area contributed by atoms with Crippen molar-refractivity contribution in [3.05, 3.63) is 57.6 Å². The van der Waals surface area contributed by atoms with Crippen LogP contribution in [0.5, 0.6) is 0 Å². The van der Waals surface area contributed by atoms with Gasteiger partial charge in [-0.15, -0.1) is 0 Å². The lowest BCUT2D eigenvalue weighted by molar-refractivity contribution is 0.0696. The molecule has 2 aromatic carbocycles. The largest absolute Gasteiger partial charge is 0.478 e. The molecule has 7 heteroatoms. The zero-order valence-electron chi connectivity index (χ0n) is 12.8. The summed E-state index contributed by atoms with van der Waals surface area (Å²) in [6, 6.07) is 9.64. The van der Waals surface area contributed by atoms with Gasteiger partial charge in [0, 0.05) is 4.47 Å². The van der Waals surface area contributed by atoms with Crippen LogP contribution in [0.25, 0.3) is 0 Å². The first-order valence-corrected chi connectivity index (χ1v) is 9.82. The molecule has 1 aliphatic rings. The van der Waals surface area contributed by atoms with Crippen LogP contribution in [0.4, 0.5) is 5.69 Å². The summed E-state index contributed by atoms with van der Waals surface area (Å²) in [6.07, 6.45) is 3.42. The molecule has 2 N–H and O–H groups in total. The summed E-state index contributed by atoms with van der Waals surface area (Å²) in [4.78, 5) is 11.8. The zero-order chi connectivity index (χ0) is 17.3. The standard InChI is InChI=1S/C17H16BrNO4S/c18-12-5-3-6-13(10-12)24(22,23)19-15-9-8-11-4-1-2-7-14(11)16(15)17(20)21/h3,5-6,8-10,19H,1-2,4,7H2,(H,20,21). The molecule has 0 unspecified atom stereocenters. The maximum atomic E-state index is 12.6. The minimum atomic E-state index is -3.86. The molecule has 0 spiro atoms. The van der Waals surface area contributed by atoms with E-state index in [4.69, 9.17) is 0 Å². The molecule has 0 radical (unpaired) electrons. The van der Waals surface area contributed by atoms with Gasteiger partial charge >= 0.3 is 5.97 Å². The molecule has 1 aliphatic carbocycles. The summed E-state index contributed by atoms with van der Waals surface area (Å²) >= 11 is 3.24. The number of sulfonamides is 1. The van der Waals surface area contributed by atoms with Crippen LogP contribution in [-0.2, 0) is 22.9 Å². The number of fused-ring (bicyclic) bond motifs is 1. The monoisotopic (exact) mass is 409 g/mol. The summed E-state index contributed by atoms with van der Waals surface area (Å²) in [5.41, 5.74) is 1.90. The maximum absolute atomic E-state index is 12.6. The number of aryl methyl sites for hydroxylation is 1. The second kappa shape index (κ2) is 6.57. The van der Waals surface area contributed by atoms with E-state index in [1.165, 1.54) is 12.1 Å². The number of rotatable bonds is 4. The molecule has 0 amide bonds. The van der Waals surface area contributed by atoms with Gasteiger partial charge in [-0.2, -0.15) is 0 Å². The van der Waals surface area contributed by atoms with Gasteiger partial charge in [0.05, 0.1) is 16.1 Å². The molecule has 3 rings (SSSR count). The number of benzene rings is 2. The first-order chi connectivity index (χ1) is 11.4. The van der Waals surface area contributed by atoms with Gasteiger partial charge in [-0.1, -0.05) is 28.1 Å². The number of anilines is 1. The highest BCUT2D eigenvalue weighted by atomic mass is 79.9. The first-order valence-electron chi connectivity index (χ1n) is 7.55. The smallest absolute Gasteiger partial charge is 0.338 e. The Labute approximate surface area is 148 Å². The highest BCUT2D eigenvalue weighted by Gasteiger charge is 2.24. The van der Waals surface area contributed by atoms with E-state index in [0.717, 1.165) is 30.4 Å². The Morgan fingerprint density at radius 3 is 2.58 bits per heavy atom. The van der Waals surface area contributed by atoms with Crippen molar-refractivity contribution < 1.29 is 18.3 Å². The Bertz CT molecular complexity index is 909. The summed E-state index contributed by atoms with van der Waals surface area (Å²) in [5.74, 6) is -1.11. The van der Waals surface area contributed by atoms with Crippen LogP contribution in [0.2, 0.25) is 0 Å². The molecule has 5 nitrogen and oxygen atoms in total. The Morgan fingerprint density at radius 2 is 1.88 bits per heavy atom. The van der Waals surface area contributed by atoms with Gasteiger partial charge in [-0.25, -0.2) is 13.2 Å². The lowest BCUT2D eigenvalue weighted by Crippen LogP contribution is -2.18. The van der Waals surface area contributed by atoms with Gasteiger partial charge in [0.2, 0.25) is 0 Å². The van der Waals surface area contributed by atoms with Gasteiger partial charge in [-0.3, -0.25) is 4.72 Å². The number of carboxylic acids is 1. The van der Waals surface area contributed by atoms with Crippen LogP contribution < -0.4 is 4.72 Å². The second-order valence-electron chi connectivity index (χ2n) is 5.70. The van der Waals surface area contributed by atoms with Crippen molar-refractivity contribution in [2.75, 3.05) is 4.72 Å². The van der Waals surface area contributed by atoms with Gasteiger partial charge in [0.1, 0.15) is 0 Å². The van der Waals surface area contributed by atoms with E-state index in [9.17, 15) is 18.3 Å². The molecule has 0 heterocycles. The van der Waals surface area contributed by atoms with Crippen molar-refractivity contribution in [1.82, 2.24) is 0 Å². The molecule has 2 aromatic rings. The fourth-order valence-corrected chi connectivity index (χ4v) is 4.66. The van der Waals surface area contributed by atoms with Crippen LogP contribution in [0.1, 0.15) is 34.3 Å². The third kappa shape index (κ3) is 3.32. The van der Waals surface area contributed by atoms with Crippen molar-refractivity contribution >= 4 is 37.6 Å². The predicted octanol–water partition coefficient (Wildman–Crippen LogP) is 3.83. The number of carboxylic acid groups (broad SMARTS) is 1. The normalized spacial score (nSPS) is 14.0. The summed E-state index contributed by atoms with van der Waals surface area (Å²) in [7, 11) is -3.86. The van der Waals surface area contributed by atoms with E-state index < -0.39 is 16.0 Å². The highest BCUT2D eigenvalue weighted by molar-refractivity contribution is 9.10. The van der Waals surface area contributed by atoms with Crippen molar-refractivity contribution in [3.8, 4) is 0 Å². The number of hydrogen-bond acceptors (Lipinski definition) is 3. The lowest BCUT2D eigenvalue weighted by Gasteiger charge is -2.20. The second-order valence-corrected chi connectivity index (χ2v) is 8.30. The molecule has 0 fully saturated rings. The van der Waals surface area contributed by atoms with Crippen LogP contribution >= 0.6 is 15.9 Å². The molecule has 0 aliphatic heterocycles. The zero-order valence-corrected chi connectivity index (χ0v) is 15.2. The van der Waals surface area contributed by atoms with Crippen LogP contribution in [-0.4, -0.2) is 19.5 Å². The molecule has 0 saturated heterocycles. The molecule has 0 atom stereocenters. The van der Waals surface area contributed by atoms with Crippen LogP contribution in [0.15, 0.2) is 45.8 Å². The molecule has 0 aromatic heterocycles. The van der Waals surface area contributed by atoms with Gasteiger partial charge in [0.15, 0.2) is 0 Å². The van der Waals surface area contributed by atoms with E-state index in [-0.39, 0.29) is 16.1 Å². The Hall–Kier alpha value is -1.86. The topological polar surface area (TPSA) is 83.5 Å². The molecule has 24 heavy (non-hydrogen) atoms. The third-order valence-corrected chi connectivity index (χ3v) is 5.95. The fraction of sp³-hybridized carbons (Fsp3) is 0.235. The number of aromatic carboxylic acids is 1. The SMILES string of the molecule is O=C(O)c1c(NS(=O)(=O)c2cccc(Br)c2)ccc2c1CCCC2. The predicted molar refractivity (Wildman–Crippen MR) is 95.0 cm³/mol. The third-order valence-electron chi connectivity index (χ3n) is 4.10. The lowest BCUT2D eigenvalue weighted by atomic mass is 9.87. The Morgan fingerprint density at radius 1 is 1.12 bits per heavy atom. The fourth-order valence-electron chi connectivity index (χ4n) is 3.00. The quantitative estimate of drug-likeness (QED) is 0.803. The van der Waals surface area contributed by atoms with Gasteiger partial charge in [0.25, 0.3) is 10.0 Å². The minimum Gasteiger partial charge on any atom is -0.478 e. The average molecular weight is 410 g/mol. The Kier molecular flexibility index (Phi) is 4.64. The molecular formula is C17H16BrNO4S. The number of carbonyl (C=O) groups is 1. The van der Waals surface area contributed by atoms with Crippen molar-refractivity contribution in [3.63, 3.8) is 0 Å². The minimum absolute atomic E-state index is 0.0609. The van der Waals surface area contributed by atoms with Crippen molar-refractivity contribution in [2.24, 2.45) is 0 Å². The summed E-state index contributed by atoms with van der Waals surface area (Å²) in [6.45, 7) is 0. The molecule has 126 valence electrons. The first kappa shape index (κ1) is 17.0.